The summed E-state index contributed by atoms with van der Waals surface area (Å²) in [5.74, 6) is 0. The molecule has 0 radical (unpaired) electrons. The predicted octanol–water partition coefficient (Wildman–Crippen LogP) is 0.770. The van der Waals surface area contributed by atoms with Crippen molar-refractivity contribution in [3.8, 4) is 6.07 Å². The summed E-state index contributed by atoms with van der Waals surface area (Å²) in [5.41, 5.74) is -1.05. The van der Waals surface area contributed by atoms with E-state index < -0.39 is 15.6 Å². The topological polar surface area (TPSA) is 98.6 Å². The number of H-pyrrole nitrogens is 1. The molecule has 0 fully saturated rings. The van der Waals surface area contributed by atoms with Crippen molar-refractivity contribution in [2.75, 3.05) is 0 Å². The quantitative estimate of drug-likeness (QED) is 0.796. The lowest BCUT2D eigenvalue weighted by molar-refractivity contribution is 0.445. The molecule has 0 spiro atoms. The van der Waals surface area contributed by atoms with Crippen molar-refractivity contribution in [2.45, 2.75) is 37.3 Å². The third-order valence-corrected chi connectivity index (χ3v) is 3.98. The second-order valence-electron chi connectivity index (χ2n) is 3.42. The molecule has 1 rings (SSSR count). The van der Waals surface area contributed by atoms with Gasteiger partial charge in [-0.25, -0.2) is 13.4 Å². The molecule has 16 heavy (non-hydrogen) atoms. The van der Waals surface area contributed by atoms with Crippen LogP contribution in [-0.2, 0) is 10.0 Å². The zero-order chi connectivity index (χ0) is 12.2. The molecule has 1 aromatic rings. The van der Waals surface area contributed by atoms with Crippen LogP contribution in [0.25, 0.3) is 0 Å². The van der Waals surface area contributed by atoms with Gasteiger partial charge in [0.15, 0.2) is 5.03 Å². The molecule has 0 unspecified atom stereocenters. The van der Waals surface area contributed by atoms with Crippen molar-refractivity contribution in [2.24, 2.45) is 0 Å². The molecule has 6 nitrogen and oxygen atoms in total. The first kappa shape index (κ1) is 12.7. The smallest absolute Gasteiger partial charge is 0.258 e. The minimum atomic E-state index is -3.70. The predicted molar refractivity (Wildman–Crippen MR) is 57.8 cm³/mol. The number of nitrogens with one attached hydrogen (secondary N) is 2. The molecule has 0 bridgehead atoms. The van der Waals surface area contributed by atoms with Gasteiger partial charge in [-0.1, -0.05) is 13.8 Å². The average Bonchev–Trinajstić information content (AvgIpc) is 2.80. The van der Waals surface area contributed by atoms with Gasteiger partial charge in [0.05, 0.1) is 18.6 Å². The van der Waals surface area contributed by atoms with Crippen molar-refractivity contribution in [3.05, 3.63) is 12.5 Å². The molecule has 0 aliphatic rings. The van der Waals surface area contributed by atoms with Crippen LogP contribution in [0.5, 0.6) is 0 Å². The molecule has 7 heteroatoms. The number of imidazole rings is 1. The van der Waals surface area contributed by atoms with Gasteiger partial charge in [-0.05, 0) is 12.8 Å². The van der Waals surface area contributed by atoms with E-state index in [-0.39, 0.29) is 5.03 Å². The molecule has 0 amide bonds. The fourth-order valence-electron chi connectivity index (χ4n) is 1.28. The Labute approximate surface area is 94.8 Å². The highest BCUT2D eigenvalue weighted by molar-refractivity contribution is 7.89. The Bertz CT molecular complexity index is 468. The fourth-order valence-corrected chi connectivity index (χ4v) is 2.64. The van der Waals surface area contributed by atoms with E-state index in [0.717, 1.165) is 0 Å². The first-order valence-electron chi connectivity index (χ1n) is 4.93. The van der Waals surface area contributed by atoms with Crippen LogP contribution in [0.2, 0.25) is 0 Å². The maximum atomic E-state index is 11.9. The van der Waals surface area contributed by atoms with Crippen LogP contribution < -0.4 is 4.72 Å². The summed E-state index contributed by atoms with van der Waals surface area (Å²) >= 11 is 0. The van der Waals surface area contributed by atoms with Crippen LogP contribution in [0.15, 0.2) is 17.6 Å². The molecule has 0 atom stereocenters. The van der Waals surface area contributed by atoms with Gasteiger partial charge in [0.1, 0.15) is 5.54 Å². The second-order valence-corrected chi connectivity index (χ2v) is 5.07. The lowest BCUT2D eigenvalue weighted by Gasteiger charge is -2.23. The third-order valence-electron chi connectivity index (χ3n) is 2.51. The molecule has 0 aliphatic carbocycles. The summed E-state index contributed by atoms with van der Waals surface area (Å²) in [4.78, 5) is 6.14. The van der Waals surface area contributed by atoms with Crippen LogP contribution >= 0.6 is 0 Å². The molecule has 0 saturated heterocycles. The molecule has 1 heterocycles. The minimum Gasteiger partial charge on any atom is -0.335 e. The first-order valence-corrected chi connectivity index (χ1v) is 6.41. The minimum absolute atomic E-state index is 0.0333. The van der Waals surface area contributed by atoms with E-state index in [4.69, 9.17) is 5.26 Å². The fraction of sp³-hybridized carbons (Fsp3) is 0.556. The van der Waals surface area contributed by atoms with Crippen molar-refractivity contribution in [3.63, 3.8) is 0 Å². The zero-order valence-electron chi connectivity index (χ0n) is 9.19. The maximum absolute atomic E-state index is 11.9. The molecular formula is C9H14N4O2S. The van der Waals surface area contributed by atoms with E-state index in [2.05, 4.69) is 14.7 Å². The lowest BCUT2D eigenvalue weighted by Crippen LogP contribution is -2.46. The van der Waals surface area contributed by atoms with Crippen LogP contribution in [0.4, 0.5) is 0 Å². The van der Waals surface area contributed by atoms with Gasteiger partial charge in [0.25, 0.3) is 10.0 Å². The number of hydrogen-bond donors (Lipinski definition) is 2. The largest absolute Gasteiger partial charge is 0.335 e. The molecule has 2 N–H and O–H groups in total. The number of hydrogen-bond acceptors (Lipinski definition) is 4. The monoisotopic (exact) mass is 242 g/mol. The van der Waals surface area contributed by atoms with Crippen molar-refractivity contribution in [1.82, 2.24) is 14.7 Å². The van der Waals surface area contributed by atoms with Crippen molar-refractivity contribution < 1.29 is 8.42 Å². The highest BCUT2D eigenvalue weighted by atomic mass is 32.2. The summed E-state index contributed by atoms with van der Waals surface area (Å²) in [6, 6.07) is 2.01. The zero-order valence-corrected chi connectivity index (χ0v) is 10.0. The summed E-state index contributed by atoms with van der Waals surface area (Å²) < 4.78 is 26.1. The number of nitrogens with zero attached hydrogens (tertiary/aromatic N) is 2. The van der Waals surface area contributed by atoms with Gasteiger partial charge >= 0.3 is 0 Å². The number of rotatable bonds is 5. The number of sulfonamides is 1. The Morgan fingerprint density at radius 3 is 2.56 bits per heavy atom. The highest BCUT2D eigenvalue weighted by Crippen LogP contribution is 2.17. The Hall–Kier alpha value is -1.39. The van der Waals surface area contributed by atoms with E-state index in [1.165, 1.54) is 12.5 Å². The Balaban J connectivity index is 3.02. The Kier molecular flexibility index (Phi) is 3.67. The lowest BCUT2D eigenvalue weighted by atomic mass is 9.97. The van der Waals surface area contributed by atoms with Gasteiger partial charge in [-0.3, -0.25) is 0 Å². The van der Waals surface area contributed by atoms with Gasteiger partial charge in [-0.15, -0.1) is 0 Å². The average molecular weight is 242 g/mol. The summed E-state index contributed by atoms with van der Waals surface area (Å²) in [7, 11) is -3.70. The van der Waals surface area contributed by atoms with E-state index in [1.54, 1.807) is 13.8 Å². The summed E-state index contributed by atoms with van der Waals surface area (Å²) in [6.45, 7) is 3.53. The third kappa shape index (κ3) is 2.40. The van der Waals surface area contributed by atoms with Crippen LogP contribution in [-0.4, -0.2) is 23.9 Å². The molecule has 0 saturated carbocycles. The van der Waals surface area contributed by atoms with E-state index in [9.17, 15) is 8.42 Å². The maximum Gasteiger partial charge on any atom is 0.258 e. The van der Waals surface area contributed by atoms with E-state index >= 15 is 0 Å². The van der Waals surface area contributed by atoms with Gasteiger partial charge in [0, 0.05) is 0 Å². The van der Waals surface area contributed by atoms with Crippen molar-refractivity contribution >= 4 is 10.0 Å². The van der Waals surface area contributed by atoms with Crippen molar-refractivity contribution in [1.29, 1.82) is 5.26 Å². The Morgan fingerprint density at radius 2 is 2.19 bits per heavy atom. The molecule has 0 aromatic carbocycles. The highest BCUT2D eigenvalue weighted by Gasteiger charge is 2.32. The standard InChI is InChI=1S/C9H14N4O2S/c1-3-9(4-2,6-10)13-16(14,15)8-5-11-7-12-8/h5,7,13H,3-4H2,1-2H3,(H,11,12). The number of aromatic nitrogens is 2. The molecule has 0 aliphatic heterocycles. The van der Waals surface area contributed by atoms with Gasteiger partial charge < -0.3 is 4.98 Å². The number of nitriles is 1. The van der Waals surface area contributed by atoms with E-state index in [1.807, 2.05) is 6.07 Å². The molecular weight excluding hydrogens is 228 g/mol. The molecule has 88 valence electrons. The van der Waals surface area contributed by atoms with Gasteiger partial charge in [0.2, 0.25) is 0 Å². The Morgan fingerprint density at radius 1 is 1.56 bits per heavy atom. The normalized spacial score (nSPS) is 12.3. The first-order chi connectivity index (χ1) is 7.49. The summed E-state index contributed by atoms with van der Waals surface area (Å²) in [6.07, 6.45) is 3.30. The SMILES string of the molecule is CCC(C#N)(CC)NS(=O)(=O)c1cnc[nH]1. The second kappa shape index (κ2) is 4.63. The number of aromatic amines is 1. The van der Waals surface area contributed by atoms with Crippen LogP contribution in [0.3, 0.4) is 0 Å². The van der Waals surface area contributed by atoms with Crippen LogP contribution in [0.1, 0.15) is 26.7 Å². The van der Waals surface area contributed by atoms with E-state index in [0.29, 0.717) is 12.8 Å². The van der Waals surface area contributed by atoms with Crippen LogP contribution in [0, 0.1) is 11.3 Å². The van der Waals surface area contributed by atoms with Gasteiger partial charge in [-0.2, -0.15) is 9.98 Å². The molecule has 1 aromatic heterocycles. The summed E-state index contributed by atoms with van der Waals surface area (Å²) in [5, 5.41) is 9.00.